The number of sulfonamides is 2. The normalized spacial score (nSPS) is 25.4. The van der Waals surface area contributed by atoms with E-state index in [-0.39, 0.29) is 18.8 Å². The third-order valence-corrected chi connectivity index (χ3v) is 7.32. The molecule has 5 nitrogen and oxygen atoms in total. The number of nitrogens with one attached hydrogen (secondary N) is 1. The predicted octanol–water partition coefficient (Wildman–Crippen LogP) is 1.54. The fourth-order valence-corrected chi connectivity index (χ4v) is 5.28. The van der Waals surface area contributed by atoms with Crippen LogP contribution in [0.15, 0.2) is 12.7 Å². The smallest absolute Gasteiger partial charge is 0.243 e. The Morgan fingerprint density at radius 1 is 1.15 bits per heavy atom. The molecular weight excluding hydrogens is 319 g/mol. The van der Waals surface area contributed by atoms with Gasteiger partial charge in [0.25, 0.3) is 10.0 Å². The van der Waals surface area contributed by atoms with Crippen molar-refractivity contribution in [2.75, 3.05) is 6.67 Å². The SMILES string of the molecule is C=CC1CCC(S(=O)(=O)NS(=O)(=O)C(F)(F)CF)CC1. The highest BCUT2D eigenvalue weighted by Gasteiger charge is 2.48. The highest BCUT2D eigenvalue weighted by atomic mass is 32.3. The zero-order valence-electron chi connectivity index (χ0n) is 10.6. The summed E-state index contributed by atoms with van der Waals surface area (Å²) in [6, 6.07) is 0. The van der Waals surface area contributed by atoms with Crippen LogP contribution in [0.3, 0.4) is 0 Å². The van der Waals surface area contributed by atoms with Crippen LogP contribution in [0.1, 0.15) is 25.7 Å². The Bertz CT molecular complexity index is 551. The lowest BCUT2D eigenvalue weighted by atomic mass is 9.89. The van der Waals surface area contributed by atoms with E-state index in [1.54, 1.807) is 6.08 Å². The third kappa shape index (κ3) is 3.73. The first-order valence-electron chi connectivity index (χ1n) is 5.89. The van der Waals surface area contributed by atoms with Crippen LogP contribution in [0.25, 0.3) is 0 Å². The van der Waals surface area contributed by atoms with E-state index >= 15 is 0 Å². The lowest BCUT2D eigenvalue weighted by molar-refractivity contribution is 0.0614. The number of hydrogen-bond acceptors (Lipinski definition) is 4. The number of alkyl halides is 3. The summed E-state index contributed by atoms with van der Waals surface area (Å²) in [5.41, 5.74) is 0. The van der Waals surface area contributed by atoms with Crippen molar-refractivity contribution in [1.82, 2.24) is 4.13 Å². The van der Waals surface area contributed by atoms with Crippen LogP contribution in [0.2, 0.25) is 0 Å². The molecule has 0 atom stereocenters. The molecule has 1 aliphatic rings. The van der Waals surface area contributed by atoms with Crippen molar-refractivity contribution in [3.63, 3.8) is 0 Å². The molecule has 1 fully saturated rings. The molecule has 0 heterocycles. The van der Waals surface area contributed by atoms with E-state index in [2.05, 4.69) is 6.58 Å². The summed E-state index contributed by atoms with van der Waals surface area (Å²) >= 11 is 0. The molecule has 118 valence electrons. The van der Waals surface area contributed by atoms with Crippen LogP contribution in [0.5, 0.6) is 0 Å². The summed E-state index contributed by atoms with van der Waals surface area (Å²) in [4.78, 5) is 0. The van der Waals surface area contributed by atoms with Crippen molar-refractivity contribution >= 4 is 20.0 Å². The zero-order valence-corrected chi connectivity index (χ0v) is 12.2. The average molecular weight is 335 g/mol. The molecule has 0 aliphatic heterocycles. The summed E-state index contributed by atoms with van der Waals surface area (Å²) in [5.74, 6) is 0.130. The van der Waals surface area contributed by atoms with Crippen molar-refractivity contribution in [2.45, 2.75) is 36.2 Å². The van der Waals surface area contributed by atoms with Gasteiger partial charge in [0.1, 0.15) is 0 Å². The van der Waals surface area contributed by atoms with Crippen LogP contribution in [0, 0.1) is 5.92 Å². The molecule has 0 aromatic heterocycles. The lowest BCUT2D eigenvalue weighted by Crippen LogP contribution is -2.47. The Hall–Kier alpha value is -0.610. The summed E-state index contributed by atoms with van der Waals surface area (Å²) in [6.07, 6.45) is 2.92. The van der Waals surface area contributed by atoms with E-state index in [0.717, 1.165) is 4.13 Å². The molecule has 1 N–H and O–H groups in total. The van der Waals surface area contributed by atoms with Crippen molar-refractivity contribution in [3.05, 3.63) is 12.7 Å². The molecule has 0 bridgehead atoms. The van der Waals surface area contributed by atoms with Crippen LogP contribution in [-0.4, -0.2) is 34.0 Å². The maximum absolute atomic E-state index is 12.8. The first-order chi connectivity index (χ1) is 9.05. The Morgan fingerprint density at radius 3 is 2.05 bits per heavy atom. The van der Waals surface area contributed by atoms with Gasteiger partial charge in [0.2, 0.25) is 10.0 Å². The molecule has 0 spiro atoms. The van der Waals surface area contributed by atoms with E-state index < -0.39 is 37.2 Å². The van der Waals surface area contributed by atoms with E-state index in [1.165, 1.54) is 0 Å². The van der Waals surface area contributed by atoms with Gasteiger partial charge in [-0.05, 0) is 31.6 Å². The summed E-state index contributed by atoms with van der Waals surface area (Å²) in [5, 5.41) is -5.85. The maximum Gasteiger partial charge on any atom is 0.387 e. The second-order valence-electron chi connectivity index (χ2n) is 4.68. The number of halogens is 3. The van der Waals surface area contributed by atoms with Crippen molar-refractivity contribution < 1.29 is 30.0 Å². The minimum atomic E-state index is -5.60. The molecule has 0 aromatic carbocycles. The fourth-order valence-electron chi connectivity index (χ4n) is 1.99. The monoisotopic (exact) mass is 335 g/mol. The summed E-state index contributed by atoms with van der Waals surface area (Å²) in [7, 11) is -10.1. The average Bonchev–Trinajstić information content (AvgIpc) is 2.37. The second kappa shape index (κ2) is 6.02. The van der Waals surface area contributed by atoms with Gasteiger partial charge in [0.15, 0.2) is 6.67 Å². The highest BCUT2D eigenvalue weighted by molar-refractivity contribution is 8.05. The van der Waals surface area contributed by atoms with Gasteiger partial charge < -0.3 is 0 Å². The van der Waals surface area contributed by atoms with Gasteiger partial charge in [-0.15, -0.1) is 10.7 Å². The maximum atomic E-state index is 12.8. The lowest BCUT2D eigenvalue weighted by Gasteiger charge is -2.26. The summed E-state index contributed by atoms with van der Waals surface area (Å²) in [6.45, 7) is 1.09. The molecule has 0 amide bonds. The minimum Gasteiger partial charge on any atom is -0.243 e. The zero-order chi connectivity index (χ0) is 15.6. The van der Waals surface area contributed by atoms with Crippen molar-refractivity contribution in [1.29, 1.82) is 0 Å². The van der Waals surface area contributed by atoms with E-state index in [4.69, 9.17) is 0 Å². The Labute approximate surface area is 116 Å². The molecule has 0 aromatic rings. The molecule has 0 radical (unpaired) electrons. The molecule has 1 rings (SSSR count). The topological polar surface area (TPSA) is 80.3 Å². The van der Waals surface area contributed by atoms with Gasteiger partial charge in [-0.25, -0.2) is 21.2 Å². The molecular formula is C10H16F3NO4S2. The molecule has 10 heteroatoms. The second-order valence-corrected chi connectivity index (χ2v) is 8.70. The number of hydrogen-bond donors (Lipinski definition) is 1. The number of allylic oxidation sites excluding steroid dienone is 1. The van der Waals surface area contributed by atoms with Crippen molar-refractivity contribution in [3.8, 4) is 0 Å². The van der Waals surface area contributed by atoms with Crippen LogP contribution >= 0.6 is 0 Å². The van der Waals surface area contributed by atoms with Gasteiger partial charge in [-0.2, -0.15) is 8.78 Å². The van der Waals surface area contributed by atoms with Gasteiger partial charge in [0, 0.05) is 0 Å². The van der Waals surface area contributed by atoms with E-state index in [9.17, 15) is 30.0 Å². The number of rotatable bonds is 6. The highest BCUT2D eigenvalue weighted by Crippen LogP contribution is 2.30. The van der Waals surface area contributed by atoms with Crippen LogP contribution in [0.4, 0.5) is 13.2 Å². The van der Waals surface area contributed by atoms with E-state index in [1.807, 2.05) is 0 Å². The molecule has 20 heavy (non-hydrogen) atoms. The quantitative estimate of drug-likeness (QED) is 0.747. The standard InChI is InChI=1S/C10H16F3NO4S2/c1-2-8-3-5-9(6-4-8)19(15,16)14-20(17,18)10(12,13)7-11/h2,8-9,14H,1,3-7H2. The first kappa shape index (κ1) is 17.4. The van der Waals surface area contributed by atoms with Crippen molar-refractivity contribution in [2.24, 2.45) is 5.92 Å². The van der Waals surface area contributed by atoms with Gasteiger partial charge in [-0.1, -0.05) is 6.08 Å². The Balaban J connectivity index is 2.84. The third-order valence-electron chi connectivity index (χ3n) is 3.27. The van der Waals surface area contributed by atoms with Gasteiger partial charge in [0.05, 0.1) is 5.25 Å². The van der Waals surface area contributed by atoms with E-state index in [0.29, 0.717) is 12.8 Å². The molecule has 0 unspecified atom stereocenters. The molecule has 1 aliphatic carbocycles. The molecule has 0 saturated heterocycles. The summed E-state index contributed by atoms with van der Waals surface area (Å²) < 4.78 is 84.5. The Kier molecular flexibility index (Phi) is 5.25. The Morgan fingerprint density at radius 2 is 1.65 bits per heavy atom. The minimum absolute atomic E-state index is 0.130. The predicted molar refractivity (Wildman–Crippen MR) is 67.8 cm³/mol. The van der Waals surface area contributed by atoms with Crippen LogP contribution in [-0.2, 0) is 20.0 Å². The fraction of sp³-hybridized carbons (Fsp3) is 0.800. The van der Waals surface area contributed by atoms with Gasteiger partial charge in [-0.3, -0.25) is 0 Å². The first-order valence-corrected chi connectivity index (χ1v) is 8.92. The van der Waals surface area contributed by atoms with Gasteiger partial charge >= 0.3 is 5.25 Å². The van der Waals surface area contributed by atoms with Crippen LogP contribution < -0.4 is 4.13 Å². The largest absolute Gasteiger partial charge is 0.387 e. The molecule has 1 saturated carbocycles.